The van der Waals surface area contributed by atoms with Gasteiger partial charge in [-0.1, -0.05) is 5.16 Å². The van der Waals surface area contributed by atoms with E-state index in [-0.39, 0.29) is 0 Å². The van der Waals surface area contributed by atoms with E-state index in [1.165, 1.54) is 0 Å². The number of aryl methyl sites for hydroxylation is 2. The van der Waals surface area contributed by atoms with Crippen molar-refractivity contribution >= 4 is 17.7 Å². The summed E-state index contributed by atoms with van der Waals surface area (Å²) in [5, 5.41) is 11.8. The van der Waals surface area contributed by atoms with E-state index in [1.807, 2.05) is 13.8 Å². The molecule has 1 heterocycles. The van der Waals surface area contributed by atoms with Gasteiger partial charge >= 0.3 is 0 Å². The van der Waals surface area contributed by atoms with Crippen molar-refractivity contribution in [3.63, 3.8) is 0 Å². The zero-order chi connectivity index (χ0) is 8.97. The molecule has 0 saturated carbocycles. The molecular weight excluding hydrogens is 176 g/mol. The largest absolute Gasteiger partial charge is 0.475 e. The molecule has 0 amide bonds. The lowest BCUT2D eigenvalue weighted by molar-refractivity contribution is 0.262. The van der Waals surface area contributed by atoms with Crippen LogP contribution in [0, 0.1) is 13.8 Å². The van der Waals surface area contributed by atoms with E-state index < -0.39 is 0 Å². The van der Waals surface area contributed by atoms with Crippen LogP contribution in [0.1, 0.15) is 15.6 Å². The van der Waals surface area contributed by atoms with Gasteiger partial charge in [0.1, 0.15) is 6.61 Å². The SMILES string of the molecule is Cc1nc(C)c(COC=NO)s1. The second kappa shape index (κ2) is 4.06. The quantitative estimate of drug-likeness (QED) is 0.338. The maximum atomic E-state index is 8.05. The molecule has 0 aromatic carbocycles. The van der Waals surface area contributed by atoms with Gasteiger partial charge in [-0.25, -0.2) is 4.98 Å². The maximum Gasteiger partial charge on any atom is 0.212 e. The molecule has 0 aliphatic heterocycles. The Morgan fingerprint density at radius 2 is 2.42 bits per heavy atom. The fourth-order valence-electron chi connectivity index (χ4n) is 0.854. The van der Waals surface area contributed by atoms with Gasteiger partial charge in [0.25, 0.3) is 0 Å². The monoisotopic (exact) mass is 186 g/mol. The van der Waals surface area contributed by atoms with Gasteiger partial charge in [0, 0.05) is 0 Å². The average molecular weight is 186 g/mol. The van der Waals surface area contributed by atoms with Crippen LogP contribution in [0.15, 0.2) is 5.16 Å². The lowest BCUT2D eigenvalue weighted by atomic mass is 10.4. The Morgan fingerprint density at radius 3 is 2.92 bits per heavy atom. The van der Waals surface area contributed by atoms with E-state index >= 15 is 0 Å². The highest BCUT2D eigenvalue weighted by atomic mass is 32.1. The predicted molar refractivity (Wildman–Crippen MR) is 46.7 cm³/mol. The standard InChI is InChI=1S/C7H10N2O2S/c1-5-7(3-11-4-8-10)12-6(2)9-5/h4,10H,3H2,1-2H3. The number of hydrogen-bond acceptors (Lipinski definition) is 5. The molecule has 0 atom stereocenters. The van der Waals surface area contributed by atoms with E-state index in [9.17, 15) is 0 Å². The first-order valence-electron chi connectivity index (χ1n) is 3.44. The zero-order valence-corrected chi connectivity index (χ0v) is 7.76. The van der Waals surface area contributed by atoms with Gasteiger partial charge < -0.3 is 9.94 Å². The smallest absolute Gasteiger partial charge is 0.212 e. The van der Waals surface area contributed by atoms with Crippen molar-refractivity contribution in [1.82, 2.24) is 4.98 Å². The maximum absolute atomic E-state index is 8.05. The van der Waals surface area contributed by atoms with Crippen LogP contribution >= 0.6 is 11.3 Å². The molecule has 66 valence electrons. The van der Waals surface area contributed by atoms with Crippen molar-refractivity contribution in [2.24, 2.45) is 5.16 Å². The van der Waals surface area contributed by atoms with Crippen LogP contribution < -0.4 is 0 Å². The topological polar surface area (TPSA) is 54.7 Å². The fraction of sp³-hybridized carbons (Fsp3) is 0.429. The van der Waals surface area contributed by atoms with Crippen LogP contribution in [0.25, 0.3) is 0 Å². The van der Waals surface area contributed by atoms with Crippen LogP contribution in [0.5, 0.6) is 0 Å². The minimum atomic E-state index is 0.418. The zero-order valence-electron chi connectivity index (χ0n) is 6.94. The molecule has 1 aromatic rings. The van der Waals surface area contributed by atoms with Crippen molar-refractivity contribution in [1.29, 1.82) is 0 Å². The first-order valence-corrected chi connectivity index (χ1v) is 4.26. The Hall–Kier alpha value is -1.10. The second-order valence-corrected chi connectivity index (χ2v) is 3.56. The van der Waals surface area contributed by atoms with Crippen molar-refractivity contribution in [3.05, 3.63) is 15.6 Å². The Kier molecular flexibility index (Phi) is 3.04. The number of hydrogen-bond donors (Lipinski definition) is 1. The van der Waals surface area contributed by atoms with Crippen LogP contribution in [0.3, 0.4) is 0 Å². The lowest BCUT2D eigenvalue weighted by Gasteiger charge is -1.95. The summed E-state index contributed by atoms with van der Waals surface area (Å²) in [6, 6.07) is 0. The number of nitrogens with zero attached hydrogens (tertiary/aromatic N) is 2. The van der Waals surface area contributed by atoms with Crippen LogP contribution in [-0.4, -0.2) is 16.6 Å². The van der Waals surface area contributed by atoms with Crippen LogP contribution in [0.2, 0.25) is 0 Å². The molecule has 1 N–H and O–H groups in total. The number of rotatable bonds is 3. The Balaban J connectivity index is 2.56. The number of oxime groups is 1. The third kappa shape index (κ3) is 2.20. The average Bonchev–Trinajstić information content (AvgIpc) is 2.31. The molecule has 0 aliphatic carbocycles. The number of aromatic nitrogens is 1. The van der Waals surface area contributed by atoms with Crippen LogP contribution in [0.4, 0.5) is 0 Å². The highest BCUT2D eigenvalue weighted by Gasteiger charge is 2.03. The van der Waals surface area contributed by atoms with E-state index in [0.717, 1.165) is 22.0 Å². The van der Waals surface area contributed by atoms with Crippen molar-refractivity contribution in [2.45, 2.75) is 20.5 Å². The first-order chi connectivity index (χ1) is 5.74. The Bertz CT molecular complexity index is 283. The molecule has 0 unspecified atom stereocenters. The highest BCUT2D eigenvalue weighted by Crippen LogP contribution is 2.17. The van der Waals surface area contributed by atoms with Gasteiger partial charge in [-0.2, -0.15) is 0 Å². The third-order valence-corrected chi connectivity index (χ3v) is 2.38. The summed E-state index contributed by atoms with van der Waals surface area (Å²) >= 11 is 1.59. The van der Waals surface area contributed by atoms with Gasteiger partial charge in [0.15, 0.2) is 0 Å². The molecule has 0 aliphatic rings. The molecule has 0 fully saturated rings. The Morgan fingerprint density at radius 1 is 1.67 bits per heavy atom. The summed E-state index contributed by atoms with van der Waals surface area (Å²) in [7, 11) is 0. The summed E-state index contributed by atoms with van der Waals surface area (Å²) in [5.41, 5.74) is 0.976. The molecule has 0 spiro atoms. The van der Waals surface area contributed by atoms with Crippen molar-refractivity contribution < 1.29 is 9.94 Å². The lowest BCUT2D eigenvalue weighted by Crippen LogP contribution is -1.89. The van der Waals surface area contributed by atoms with Gasteiger partial charge in [0.05, 0.1) is 15.6 Å². The third-order valence-electron chi connectivity index (χ3n) is 1.34. The highest BCUT2D eigenvalue weighted by molar-refractivity contribution is 7.11. The summed E-state index contributed by atoms with van der Waals surface area (Å²) in [6.07, 6.45) is 1.01. The molecule has 0 radical (unpaired) electrons. The minimum absolute atomic E-state index is 0.418. The van der Waals surface area contributed by atoms with Gasteiger partial charge in [-0.05, 0) is 13.8 Å². The molecular formula is C7H10N2O2S. The first kappa shape index (κ1) is 8.99. The van der Waals surface area contributed by atoms with E-state index in [0.29, 0.717) is 6.61 Å². The fourth-order valence-corrected chi connectivity index (χ4v) is 1.71. The molecule has 12 heavy (non-hydrogen) atoms. The summed E-state index contributed by atoms with van der Waals surface area (Å²) in [5.74, 6) is 0. The summed E-state index contributed by atoms with van der Waals surface area (Å²) < 4.78 is 4.89. The van der Waals surface area contributed by atoms with Crippen molar-refractivity contribution in [3.8, 4) is 0 Å². The summed E-state index contributed by atoms with van der Waals surface area (Å²) in [4.78, 5) is 5.28. The number of thiazole rings is 1. The predicted octanol–water partition coefficient (Wildman–Crippen LogP) is 1.69. The molecule has 5 heteroatoms. The van der Waals surface area contributed by atoms with E-state index in [1.54, 1.807) is 11.3 Å². The minimum Gasteiger partial charge on any atom is -0.475 e. The van der Waals surface area contributed by atoms with Crippen molar-refractivity contribution in [2.75, 3.05) is 0 Å². The van der Waals surface area contributed by atoms with Gasteiger partial charge in [-0.15, -0.1) is 11.3 Å². The molecule has 0 saturated heterocycles. The van der Waals surface area contributed by atoms with Gasteiger partial charge in [-0.3, -0.25) is 0 Å². The molecule has 4 nitrogen and oxygen atoms in total. The number of ether oxygens (including phenoxy) is 1. The molecule has 0 bridgehead atoms. The molecule has 1 rings (SSSR count). The summed E-state index contributed by atoms with van der Waals surface area (Å²) in [6.45, 7) is 4.29. The molecule has 1 aromatic heterocycles. The van der Waals surface area contributed by atoms with E-state index in [4.69, 9.17) is 9.94 Å². The van der Waals surface area contributed by atoms with Gasteiger partial charge in [0.2, 0.25) is 6.40 Å². The van der Waals surface area contributed by atoms with E-state index in [2.05, 4.69) is 10.1 Å². The van der Waals surface area contributed by atoms with Crippen LogP contribution in [-0.2, 0) is 11.3 Å². The normalized spacial score (nSPS) is 10.8. The second-order valence-electron chi connectivity index (χ2n) is 2.27. The Labute approximate surface area is 74.5 Å².